The lowest BCUT2D eigenvalue weighted by molar-refractivity contribution is 0.470. The Morgan fingerprint density at radius 1 is 1.29 bits per heavy atom. The highest BCUT2D eigenvalue weighted by atomic mass is 35.5. The van der Waals surface area contributed by atoms with Crippen LogP contribution in [0.15, 0.2) is 34.7 Å². The molecule has 2 N–H and O–H groups in total. The second kappa shape index (κ2) is 4.94. The van der Waals surface area contributed by atoms with E-state index in [9.17, 15) is 0 Å². The Labute approximate surface area is 106 Å². The fourth-order valence-corrected chi connectivity index (χ4v) is 2.05. The number of rotatable bonds is 3. The number of furan rings is 1. The molecule has 2 rings (SSSR count). The number of hydrogen-bond donors (Lipinski definition) is 1. The minimum Gasteiger partial charge on any atom is -0.459 e. The predicted molar refractivity (Wildman–Crippen MR) is 71.1 cm³/mol. The van der Waals surface area contributed by atoms with Crippen molar-refractivity contribution in [3.63, 3.8) is 0 Å². The zero-order valence-corrected chi connectivity index (χ0v) is 10.8. The van der Waals surface area contributed by atoms with E-state index in [2.05, 4.69) is 0 Å². The third-order valence-electron chi connectivity index (χ3n) is 2.82. The van der Waals surface area contributed by atoms with Crippen LogP contribution in [-0.4, -0.2) is 0 Å². The minimum absolute atomic E-state index is 0.0482. The van der Waals surface area contributed by atoms with Gasteiger partial charge in [0.25, 0.3) is 0 Å². The molecule has 0 spiro atoms. The highest BCUT2D eigenvalue weighted by molar-refractivity contribution is 6.33. The van der Waals surface area contributed by atoms with Crippen molar-refractivity contribution < 1.29 is 4.42 Å². The maximum atomic E-state index is 6.20. The Morgan fingerprint density at radius 2 is 2.06 bits per heavy atom. The molecule has 0 amide bonds. The zero-order valence-electron chi connectivity index (χ0n) is 10.0. The van der Waals surface area contributed by atoms with Crippen LogP contribution in [0.5, 0.6) is 0 Å². The zero-order chi connectivity index (χ0) is 12.4. The van der Waals surface area contributed by atoms with E-state index < -0.39 is 0 Å². The van der Waals surface area contributed by atoms with Crippen LogP contribution in [0.3, 0.4) is 0 Å². The monoisotopic (exact) mass is 249 g/mol. The van der Waals surface area contributed by atoms with Gasteiger partial charge in [-0.3, -0.25) is 0 Å². The lowest BCUT2D eigenvalue weighted by Gasteiger charge is -2.05. The van der Waals surface area contributed by atoms with Crippen LogP contribution >= 0.6 is 11.6 Å². The summed E-state index contributed by atoms with van der Waals surface area (Å²) in [6.45, 7) is 4.04. The average molecular weight is 250 g/mol. The Morgan fingerprint density at radius 3 is 2.71 bits per heavy atom. The van der Waals surface area contributed by atoms with E-state index in [1.54, 1.807) is 0 Å². The summed E-state index contributed by atoms with van der Waals surface area (Å²) in [4.78, 5) is 0. The van der Waals surface area contributed by atoms with Gasteiger partial charge in [-0.05, 0) is 43.2 Å². The Bertz CT molecular complexity index is 519. The van der Waals surface area contributed by atoms with Gasteiger partial charge in [-0.2, -0.15) is 0 Å². The molecule has 1 unspecified atom stereocenters. The van der Waals surface area contributed by atoms with E-state index in [1.807, 2.05) is 44.2 Å². The van der Waals surface area contributed by atoms with Gasteiger partial charge in [-0.15, -0.1) is 0 Å². The first-order valence-corrected chi connectivity index (χ1v) is 6.11. The second-order valence-corrected chi connectivity index (χ2v) is 4.61. The van der Waals surface area contributed by atoms with Gasteiger partial charge in [0.2, 0.25) is 0 Å². The van der Waals surface area contributed by atoms with Gasteiger partial charge in [-0.1, -0.05) is 24.6 Å². The molecule has 0 aliphatic carbocycles. The van der Waals surface area contributed by atoms with Crippen LogP contribution in [0.4, 0.5) is 0 Å². The Kier molecular flexibility index (Phi) is 3.55. The summed E-state index contributed by atoms with van der Waals surface area (Å²) >= 11 is 6.20. The molecule has 0 fully saturated rings. The molecule has 0 aliphatic heterocycles. The first kappa shape index (κ1) is 12.2. The molecule has 1 aromatic carbocycles. The molecule has 0 radical (unpaired) electrons. The predicted octanol–water partition coefficient (Wildman–Crippen LogP) is 4.32. The van der Waals surface area contributed by atoms with Crippen molar-refractivity contribution in [2.75, 3.05) is 0 Å². The summed E-state index contributed by atoms with van der Waals surface area (Å²) in [5, 5.41) is 0.705. The van der Waals surface area contributed by atoms with Crippen LogP contribution in [0, 0.1) is 6.92 Å². The largest absolute Gasteiger partial charge is 0.459 e. The van der Waals surface area contributed by atoms with E-state index in [1.165, 1.54) is 0 Å². The molecule has 3 heteroatoms. The average Bonchev–Trinajstić information content (AvgIpc) is 2.77. The molecule has 17 heavy (non-hydrogen) atoms. The maximum absolute atomic E-state index is 6.20. The van der Waals surface area contributed by atoms with Crippen molar-refractivity contribution in [3.8, 4) is 11.3 Å². The normalized spacial score (nSPS) is 12.7. The highest BCUT2D eigenvalue weighted by Crippen LogP contribution is 2.31. The smallest absolute Gasteiger partial charge is 0.135 e. The van der Waals surface area contributed by atoms with Crippen LogP contribution in [0.2, 0.25) is 5.02 Å². The van der Waals surface area contributed by atoms with Crippen LogP contribution in [-0.2, 0) is 0 Å². The molecular weight excluding hydrogens is 234 g/mol. The molecule has 0 aliphatic rings. The van der Waals surface area contributed by atoms with Gasteiger partial charge in [0.05, 0.1) is 11.1 Å². The molecule has 0 bridgehead atoms. The number of nitrogens with two attached hydrogens (primary N) is 1. The van der Waals surface area contributed by atoms with Gasteiger partial charge in [0, 0.05) is 5.56 Å². The van der Waals surface area contributed by atoms with Crippen LogP contribution in [0.25, 0.3) is 11.3 Å². The van der Waals surface area contributed by atoms with Gasteiger partial charge >= 0.3 is 0 Å². The number of benzene rings is 1. The van der Waals surface area contributed by atoms with E-state index in [0.717, 1.165) is 29.1 Å². The first-order chi connectivity index (χ1) is 8.11. The van der Waals surface area contributed by atoms with Crippen molar-refractivity contribution in [3.05, 3.63) is 46.7 Å². The van der Waals surface area contributed by atoms with Crippen molar-refractivity contribution in [2.45, 2.75) is 26.3 Å². The van der Waals surface area contributed by atoms with Gasteiger partial charge in [-0.25, -0.2) is 0 Å². The summed E-state index contributed by atoms with van der Waals surface area (Å²) in [7, 11) is 0. The summed E-state index contributed by atoms with van der Waals surface area (Å²) in [5.41, 5.74) is 7.97. The third kappa shape index (κ3) is 2.54. The van der Waals surface area contributed by atoms with Gasteiger partial charge in [0.1, 0.15) is 11.5 Å². The quantitative estimate of drug-likeness (QED) is 0.880. The van der Waals surface area contributed by atoms with E-state index >= 15 is 0 Å². The van der Waals surface area contributed by atoms with Gasteiger partial charge in [0.15, 0.2) is 0 Å². The van der Waals surface area contributed by atoms with E-state index in [4.69, 9.17) is 21.8 Å². The SMILES string of the molecule is CCC(N)c1ccc(-c2ccc(C)cc2Cl)o1. The maximum Gasteiger partial charge on any atom is 0.135 e. The van der Waals surface area contributed by atoms with Crippen LogP contribution < -0.4 is 5.73 Å². The molecule has 2 aromatic rings. The highest BCUT2D eigenvalue weighted by Gasteiger charge is 2.12. The summed E-state index contributed by atoms with van der Waals surface area (Å²) < 4.78 is 5.73. The molecule has 0 saturated carbocycles. The number of aryl methyl sites for hydroxylation is 1. The lowest BCUT2D eigenvalue weighted by Crippen LogP contribution is -2.06. The topological polar surface area (TPSA) is 39.2 Å². The molecule has 1 heterocycles. The van der Waals surface area contributed by atoms with Crippen molar-refractivity contribution >= 4 is 11.6 Å². The fraction of sp³-hybridized carbons (Fsp3) is 0.286. The van der Waals surface area contributed by atoms with Crippen molar-refractivity contribution in [1.29, 1.82) is 0 Å². The summed E-state index contributed by atoms with van der Waals surface area (Å²) in [6, 6.07) is 9.70. The molecule has 0 saturated heterocycles. The van der Waals surface area contributed by atoms with Gasteiger partial charge < -0.3 is 10.2 Å². The molecule has 90 valence electrons. The van der Waals surface area contributed by atoms with E-state index in [0.29, 0.717) is 5.02 Å². The van der Waals surface area contributed by atoms with Crippen molar-refractivity contribution in [2.24, 2.45) is 5.73 Å². The molecule has 1 atom stereocenters. The number of hydrogen-bond acceptors (Lipinski definition) is 2. The lowest BCUT2D eigenvalue weighted by atomic mass is 10.1. The summed E-state index contributed by atoms with van der Waals surface area (Å²) in [5.74, 6) is 1.58. The number of halogens is 1. The summed E-state index contributed by atoms with van der Waals surface area (Å²) in [6.07, 6.45) is 0.856. The molecular formula is C14H16ClNO. The Balaban J connectivity index is 2.37. The van der Waals surface area contributed by atoms with E-state index in [-0.39, 0.29) is 6.04 Å². The molecule has 2 nitrogen and oxygen atoms in total. The fourth-order valence-electron chi connectivity index (χ4n) is 1.72. The first-order valence-electron chi connectivity index (χ1n) is 5.73. The Hall–Kier alpha value is -1.25. The minimum atomic E-state index is -0.0482. The molecule has 1 aromatic heterocycles. The standard InChI is InChI=1S/C14H16ClNO/c1-3-12(16)14-7-6-13(17-14)10-5-4-9(2)8-11(10)15/h4-8,12H,3,16H2,1-2H3. The van der Waals surface area contributed by atoms with Crippen molar-refractivity contribution in [1.82, 2.24) is 0 Å². The van der Waals surface area contributed by atoms with Crippen LogP contribution in [0.1, 0.15) is 30.7 Å². The second-order valence-electron chi connectivity index (χ2n) is 4.20. The third-order valence-corrected chi connectivity index (χ3v) is 3.13.